The number of ether oxygens (including phenoxy) is 1. The number of hydrogen-bond acceptors (Lipinski definition) is 3. The van der Waals surface area contributed by atoms with Gasteiger partial charge in [0.1, 0.15) is 17.3 Å². The molecule has 0 saturated carbocycles. The van der Waals surface area contributed by atoms with Crippen LogP contribution in [-0.4, -0.2) is 36.1 Å². The fourth-order valence-corrected chi connectivity index (χ4v) is 2.20. The second-order valence-corrected chi connectivity index (χ2v) is 5.56. The van der Waals surface area contributed by atoms with Crippen LogP contribution in [0.5, 0.6) is 5.75 Å². The van der Waals surface area contributed by atoms with Crippen LogP contribution in [0.25, 0.3) is 0 Å². The monoisotopic (exact) mass is 294 g/mol. The van der Waals surface area contributed by atoms with Crippen molar-refractivity contribution in [2.45, 2.75) is 27.2 Å². The van der Waals surface area contributed by atoms with Crippen molar-refractivity contribution in [1.29, 1.82) is 0 Å². The summed E-state index contributed by atoms with van der Waals surface area (Å²) in [5.41, 5.74) is 6.51. The first-order valence-corrected chi connectivity index (χ1v) is 7.73. The summed E-state index contributed by atoms with van der Waals surface area (Å²) in [4.78, 5) is 2.80. The van der Waals surface area contributed by atoms with Gasteiger partial charge in [0.25, 0.3) is 0 Å². The van der Waals surface area contributed by atoms with Gasteiger partial charge in [0.15, 0.2) is 0 Å². The highest BCUT2D eigenvalue weighted by Gasteiger charge is 2.09. The van der Waals surface area contributed by atoms with E-state index in [2.05, 4.69) is 25.7 Å². The van der Waals surface area contributed by atoms with Crippen LogP contribution in [0.3, 0.4) is 0 Å². The smallest absolute Gasteiger partial charge is 0.129 e. The Labute approximate surface area is 128 Å². The Morgan fingerprint density at radius 1 is 1.35 bits per heavy atom. The van der Waals surface area contributed by atoms with Crippen molar-refractivity contribution in [2.75, 3.05) is 26.2 Å². The van der Waals surface area contributed by atoms with Gasteiger partial charge in [0.2, 0.25) is 0 Å². The second-order valence-electron chi connectivity index (χ2n) is 5.12. The van der Waals surface area contributed by atoms with Crippen molar-refractivity contribution in [1.82, 2.24) is 4.90 Å². The van der Waals surface area contributed by atoms with Gasteiger partial charge in [-0.2, -0.15) is 0 Å². The van der Waals surface area contributed by atoms with Gasteiger partial charge in [0, 0.05) is 13.1 Å². The summed E-state index contributed by atoms with van der Waals surface area (Å²) in [5.74, 6) is 1.50. The number of nitrogens with zero attached hydrogens (tertiary/aromatic N) is 1. The third-order valence-corrected chi connectivity index (χ3v) is 3.75. The van der Waals surface area contributed by atoms with Crippen LogP contribution in [0.4, 0.5) is 0 Å². The third kappa shape index (κ3) is 5.47. The molecule has 4 heteroatoms. The van der Waals surface area contributed by atoms with Crippen molar-refractivity contribution in [2.24, 2.45) is 11.7 Å². The maximum atomic E-state index is 5.84. The largest absolute Gasteiger partial charge is 0.492 e. The van der Waals surface area contributed by atoms with E-state index in [9.17, 15) is 0 Å². The van der Waals surface area contributed by atoms with Crippen LogP contribution in [0.1, 0.15) is 32.8 Å². The lowest BCUT2D eigenvalue weighted by atomic mass is 10.1. The maximum absolute atomic E-state index is 5.84. The molecule has 1 atom stereocenters. The summed E-state index contributed by atoms with van der Waals surface area (Å²) in [5, 5.41) is 0. The van der Waals surface area contributed by atoms with Crippen LogP contribution in [0.2, 0.25) is 0 Å². The predicted molar refractivity (Wildman–Crippen MR) is 89.4 cm³/mol. The number of para-hydroxylation sites is 1. The molecule has 1 rings (SSSR count). The highest BCUT2D eigenvalue weighted by molar-refractivity contribution is 7.80. The fraction of sp³-hybridized carbons (Fsp3) is 0.562. The molecule has 0 saturated heterocycles. The van der Waals surface area contributed by atoms with Crippen LogP contribution < -0.4 is 10.5 Å². The molecule has 2 N–H and O–H groups in total. The lowest BCUT2D eigenvalue weighted by molar-refractivity contribution is 0.194. The number of hydrogen-bond donors (Lipinski definition) is 1. The average molecular weight is 294 g/mol. The molecule has 0 radical (unpaired) electrons. The number of benzene rings is 1. The molecule has 112 valence electrons. The van der Waals surface area contributed by atoms with Gasteiger partial charge in [-0.1, -0.05) is 51.5 Å². The predicted octanol–water partition coefficient (Wildman–Crippen LogP) is 3.07. The first-order chi connectivity index (χ1) is 9.58. The van der Waals surface area contributed by atoms with Crippen LogP contribution in [-0.2, 0) is 0 Å². The van der Waals surface area contributed by atoms with Crippen molar-refractivity contribution < 1.29 is 4.74 Å². The van der Waals surface area contributed by atoms with Gasteiger partial charge in [-0.15, -0.1) is 0 Å². The van der Waals surface area contributed by atoms with Crippen molar-refractivity contribution in [3.8, 4) is 5.75 Å². The van der Waals surface area contributed by atoms with Crippen LogP contribution >= 0.6 is 12.2 Å². The van der Waals surface area contributed by atoms with Gasteiger partial charge in [-0.25, -0.2) is 0 Å². The van der Waals surface area contributed by atoms with E-state index >= 15 is 0 Å². The van der Waals surface area contributed by atoms with E-state index in [1.54, 1.807) is 0 Å². The Morgan fingerprint density at radius 2 is 2.05 bits per heavy atom. The standard InChI is InChI=1S/C16H26N2OS/c1-4-13(3)12-18(5-2)10-11-19-15-9-7-6-8-14(15)16(17)20/h6-9,13H,4-5,10-12H2,1-3H3,(H2,17,20). The molecule has 0 amide bonds. The lowest BCUT2D eigenvalue weighted by Crippen LogP contribution is -2.32. The molecule has 0 aliphatic carbocycles. The molecule has 0 aliphatic rings. The van der Waals surface area contributed by atoms with Gasteiger partial charge < -0.3 is 10.5 Å². The van der Waals surface area contributed by atoms with E-state index in [0.29, 0.717) is 11.6 Å². The van der Waals surface area contributed by atoms with E-state index < -0.39 is 0 Å². The van der Waals surface area contributed by atoms with Crippen LogP contribution in [0, 0.1) is 5.92 Å². The second kappa shape index (κ2) is 8.93. The Balaban J connectivity index is 2.49. The minimum atomic E-state index is 0.382. The zero-order valence-corrected chi connectivity index (χ0v) is 13.6. The van der Waals surface area contributed by atoms with E-state index in [0.717, 1.165) is 36.9 Å². The van der Waals surface area contributed by atoms with Gasteiger partial charge in [-0.05, 0) is 24.6 Å². The normalized spacial score (nSPS) is 12.4. The van der Waals surface area contributed by atoms with Gasteiger partial charge >= 0.3 is 0 Å². The van der Waals surface area contributed by atoms with E-state index in [1.807, 2.05) is 24.3 Å². The zero-order chi connectivity index (χ0) is 15.0. The van der Waals surface area contributed by atoms with E-state index in [1.165, 1.54) is 6.42 Å². The molecule has 0 fully saturated rings. The number of likely N-dealkylation sites (N-methyl/N-ethyl adjacent to an activating group) is 1. The summed E-state index contributed by atoms with van der Waals surface area (Å²) >= 11 is 5.03. The summed E-state index contributed by atoms with van der Waals surface area (Å²) in [6.45, 7) is 10.4. The highest BCUT2D eigenvalue weighted by Crippen LogP contribution is 2.17. The van der Waals surface area contributed by atoms with Crippen molar-refractivity contribution in [3.05, 3.63) is 29.8 Å². The zero-order valence-electron chi connectivity index (χ0n) is 12.8. The fourth-order valence-electron chi connectivity index (χ4n) is 2.03. The van der Waals surface area contributed by atoms with E-state index in [4.69, 9.17) is 22.7 Å². The molecular formula is C16H26N2OS. The minimum Gasteiger partial charge on any atom is -0.492 e. The summed E-state index contributed by atoms with van der Waals surface area (Å²) in [6.07, 6.45) is 1.21. The Hall–Kier alpha value is -1.13. The third-order valence-electron chi connectivity index (χ3n) is 3.53. The number of rotatable bonds is 9. The molecule has 0 aliphatic heterocycles. The molecule has 1 aromatic carbocycles. The average Bonchev–Trinajstić information content (AvgIpc) is 2.46. The molecule has 0 aromatic heterocycles. The lowest BCUT2D eigenvalue weighted by Gasteiger charge is -2.23. The van der Waals surface area contributed by atoms with Crippen molar-refractivity contribution >= 4 is 17.2 Å². The van der Waals surface area contributed by atoms with Crippen LogP contribution in [0.15, 0.2) is 24.3 Å². The number of nitrogens with two attached hydrogens (primary N) is 1. The minimum absolute atomic E-state index is 0.382. The first-order valence-electron chi connectivity index (χ1n) is 7.32. The Morgan fingerprint density at radius 3 is 2.65 bits per heavy atom. The Bertz CT molecular complexity index is 423. The molecule has 0 bridgehead atoms. The molecular weight excluding hydrogens is 268 g/mol. The molecule has 3 nitrogen and oxygen atoms in total. The SMILES string of the molecule is CCC(C)CN(CC)CCOc1ccccc1C(N)=S. The summed E-state index contributed by atoms with van der Waals surface area (Å²) in [6, 6.07) is 7.67. The number of thiocarbonyl (C=S) groups is 1. The topological polar surface area (TPSA) is 38.5 Å². The van der Waals surface area contributed by atoms with Gasteiger partial charge in [-0.3, -0.25) is 4.90 Å². The maximum Gasteiger partial charge on any atom is 0.129 e. The van der Waals surface area contributed by atoms with Crippen molar-refractivity contribution in [3.63, 3.8) is 0 Å². The quantitative estimate of drug-likeness (QED) is 0.710. The molecule has 20 heavy (non-hydrogen) atoms. The molecule has 0 heterocycles. The van der Waals surface area contributed by atoms with E-state index in [-0.39, 0.29) is 0 Å². The first kappa shape index (κ1) is 16.9. The summed E-state index contributed by atoms with van der Waals surface area (Å²) in [7, 11) is 0. The molecule has 0 spiro atoms. The highest BCUT2D eigenvalue weighted by atomic mass is 32.1. The molecule has 1 aromatic rings. The molecule has 1 unspecified atom stereocenters. The van der Waals surface area contributed by atoms with Gasteiger partial charge in [0.05, 0.1) is 5.56 Å². The Kier molecular flexibility index (Phi) is 7.55. The summed E-state index contributed by atoms with van der Waals surface area (Å²) < 4.78 is 5.84.